The Morgan fingerprint density at radius 1 is 1.33 bits per heavy atom. The van der Waals surface area contributed by atoms with E-state index in [1.807, 2.05) is 18.2 Å². The summed E-state index contributed by atoms with van der Waals surface area (Å²) in [5.74, 6) is 2.29. The van der Waals surface area contributed by atoms with Gasteiger partial charge in [0, 0.05) is 42.3 Å². The fourth-order valence-electron chi connectivity index (χ4n) is 3.94. The van der Waals surface area contributed by atoms with E-state index in [-0.39, 0.29) is 29.4 Å². The first kappa shape index (κ1) is 22.6. The van der Waals surface area contributed by atoms with Crippen LogP contribution in [0.3, 0.4) is 0 Å². The molecule has 0 unspecified atom stereocenters. The lowest BCUT2D eigenvalue weighted by Crippen LogP contribution is -2.44. The van der Waals surface area contributed by atoms with Gasteiger partial charge in [-0.05, 0) is 49.8 Å². The number of piperidine rings is 1. The minimum atomic E-state index is -0.151. The second kappa shape index (κ2) is 10.2. The normalized spacial score (nSPS) is 20.9. The quantitative estimate of drug-likeness (QED) is 0.379. The summed E-state index contributed by atoms with van der Waals surface area (Å²) in [4.78, 5) is 7.03. The number of likely N-dealkylation sites (tertiary alicyclic amines) is 1. The highest BCUT2D eigenvalue weighted by atomic mass is 127. The van der Waals surface area contributed by atoms with Gasteiger partial charge in [0.05, 0.1) is 13.7 Å². The van der Waals surface area contributed by atoms with Crippen molar-refractivity contribution in [3.63, 3.8) is 0 Å². The minimum absolute atomic E-state index is 0. The Kier molecular flexibility index (Phi) is 8.49. The molecule has 2 fully saturated rings. The van der Waals surface area contributed by atoms with Gasteiger partial charge in [0.2, 0.25) is 0 Å². The van der Waals surface area contributed by atoms with E-state index in [2.05, 4.69) is 11.8 Å². The number of methoxy groups -OCH3 is 1. The van der Waals surface area contributed by atoms with E-state index in [9.17, 15) is 0 Å². The first-order chi connectivity index (χ1) is 12.5. The van der Waals surface area contributed by atoms with Crippen molar-refractivity contribution in [2.24, 2.45) is 16.6 Å². The van der Waals surface area contributed by atoms with Gasteiger partial charge in [0.1, 0.15) is 5.75 Å². The molecule has 0 saturated carbocycles. The number of rotatable bonds is 4. The Bertz CT molecular complexity index is 642. The van der Waals surface area contributed by atoms with Crippen molar-refractivity contribution >= 4 is 41.5 Å². The van der Waals surface area contributed by atoms with Crippen LogP contribution in [0.15, 0.2) is 23.2 Å². The van der Waals surface area contributed by atoms with Crippen molar-refractivity contribution in [2.45, 2.75) is 38.0 Å². The van der Waals surface area contributed by atoms with E-state index in [1.54, 1.807) is 7.11 Å². The maximum Gasteiger partial charge on any atom is 0.191 e. The van der Waals surface area contributed by atoms with Gasteiger partial charge in [-0.2, -0.15) is 0 Å². The summed E-state index contributed by atoms with van der Waals surface area (Å²) in [7, 11) is 1.70. The lowest BCUT2D eigenvalue weighted by atomic mass is 9.73. The summed E-state index contributed by atoms with van der Waals surface area (Å²) in [6.45, 7) is 6.34. The largest absolute Gasteiger partial charge is 0.496 e. The molecule has 0 aliphatic carbocycles. The standard InChI is InChI=1S/C20H30ClN3O2.HI/c1-15-5-9-24(10-6-15)19(22)23-14-20(7-11-26-12-8-20)17-13-16(21)3-4-18(17)25-2;/h3-4,13,15H,5-12,14H2,1-2H3,(H2,22,23);1H. The number of benzene rings is 1. The molecule has 0 spiro atoms. The molecule has 2 N–H and O–H groups in total. The minimum Gasteiger partial charge on any atom is -0.496 e. The summed E-state index contributed by atoms with van der Waals surface area (Å²) in [6, 6.07) is 5.82. The first-order valence-electron chi connectivity index (χ1n) is 9.51. The lowest BCUT2D eigenvalue weighted by molar-refractivity contribution is 0.0522. The van der Waals surface area contributed by atoms with Gasteiger partial charge in [-0.25, -0.2) is 0 Å². The fourth-order valence-corrected chi connectivity index (χ4v) is 4.11. The van der Waals surface area contributed by atoms with E-state index in [0.29, 0.717) is 30.7 Å². The third-order valence-corrected chi connectivity index (χ3v) is 6.07. The van der Waals surface area contributed by atoms with Crippen LogP contribution in [0.2, 0.25) is 5.02 Å². The lowest BCUT2D eigenvalue weighted by Gasteiger charge is -2.38. The van der Waals surface area contributed by atoms with Gasteiger partial charge in [0.15, 0.2) is 5.96 Å². The molecule has 7 heteroatoms. The van der Waals surface area contributed by atoms with E-state index >= 15 is 0 Å². The summed E-state index contributed by atoms with van der Waals surface area (Å²) >= 11 is 6.30. The molecular formula is C20H31ClIN3O2. The average molecular weight is 508 g/mol. The molecule has 1 aromatic rings. The Morgan fingerprint density at radius 3 is 2.63 bits per heavy atom. The molecule has 0 bridgehead atoms. The van der Waals surface area contributed by atoms with Gasteiger partial charge >= 0.3 is 0 Å². The van der Waals surface area contributed by atoms with Crippen molar-refractivity contribution in [3.8, 4) is 5.75 Å². The van der Waals surface area contributed by atoms with Crippen LogP contribution in [0.25, 0.3) is 0 Å². The fraction of sp³-hybridized carbons (Fsp3) is 0.650. The third kappa shape index (κ3) is 5.41. The second-order valence-corrected chi connectivity index (χ2v) is 8.02. The number of hydrogen-bond acceptors (Lipinski definition) is 3. The number of nitrogens with two attached hydrogens (primary N) is 1. The molecule has 0 amide bonds. The number of halogens is 2. The molecule has 0 aromatic heterocycles. The number of guanidine groups is 1. The molecule has 2 aliphatic heterocycles. The molecule has 2 saturated heterocycles. The smallest absolute Gasteiger partial charge is 0.191 e. The van der Waals surface area contributed by atoms with Gasteiger partial charge in [-0.15, -0.1) is 24.0 Å². The van der Waals surface area contributed by atoms with Crippen LogP contribution in [-0.4, -0.2) is 50.8 Å². The Labute approximate surface area is 184 Å². The van der Waals surface area contributed by atoms with Crippen molar-refractivity contribution < 1.29 is 9.47 Å². The highest BCUT2D eigenvalue weighted by Crippen LogP contribution is 2.41. The SMILES string of the molecule is COc1ccc(Cl)cc1C1(CN=C(N)N2CCC(C)CC2)CCOCC1.I. The number of ether oxygens (including phenoxy) is 2. The Balaban J connectivity index is 0.00000261. The molecule has 5 nitrogen and oxygen atoms in total. The predicted octanol–water partition coefficient (Wildman–Crippen LogP) is 4.06. The first-order valence-corrected chi connectivity index (χ1v) is 9.88. The van der Waals surface area contributed by atoms with Crippen molar-refractivity contribution in [1.82, 2.24) is 4.90 Å². The van der Waals surface area contributed by atoms with Crippen LogP contribution in [0.5, 0.6) is 5.75 Å². The average Bonchev–Trinajstić information content (AvgIpc) is 2.67. The number of nitrogens with zero attached hydrogens (tertiary/aromatic N) is 2. The molecule has 0 atom stereocenters. The monoisotopic (exact) mass is 507 g/mol. The maximum absolute atomic E-state index is 6.34. The second-order valence-electron chi connectivity index (χ2n) is 7.58. The van der Waals surface area contributed by atoms with Crippen LogP contribution >= 0.6 is 35.6 Å². The van der Waals surface area contributed by atoms with E-state index in [4.69, 9.17) is 31.8 Å². The van der Waals surface area contributed by atoms with Crippen LogP contribution in [0.4, 0.5) is 0 Å². The van der Waals surface area contributed by atoms with Crippen LogP contribution in [0, 0.1) is 5.92 Å². The molecular weight excluding hydrogens is 477 g/mol. The van der Waals surface area contributed by atoms with Gasteiger partial charge in [-0.1, -0.05) is 18.5 Å². The number of aliphatic imine (C=N–C) groups is 1. The van der Waals surface area contributed by atoms with Gasteiger partial charge < -0.3 is 20.1 Å². The van der Waals surface area contributed by atoms with Crippen molar-refractivity contribution in [3.05, 3.63) is 28.8 Å². The third-order valence-electron chi connectivity index (χ3n) is 5.83. The molecule has 27 heavy (non-hydrogen) atoms. The predicted molar refractivity (Wildman–Crippen MR) is 122 cm³/mol. The molecule has 3 rings (SSSR count). The topological polar surface area (TPSA) is 60.1 Å². The summed E-state index contributed by atoms with van der Waals surface area (Å²) in [5, 5.41) is 0.716. The maximum atomic E-state index is 6.34. The zero-order chi connectivity index (χ0) is 18.6. The highest BCUT2D eigenvalue weighted by molar-refractivity contribution is 14.0. The molecule has 2 heterocycles. The van der Waals surface area contributed by atoms with E-state index in [0.717, 1.165) is 43.2 Å². The van der Waals surface area contributed by atoms with E-state index in [1.165, 1.54) is 12.8 Å². The summed E-state index contributed by atoms with van der Waals surface area (Å²) in [6.07, 6.45) is 4.13. The Morgan fingerprint density at radius 2 is 2.00 bits per heavy atom. The van der Waals surface area contributed by atoms with Crippen LogP contribution in [-0.2, 0) is 10.2 Å². The summed E-state index contributed by atoms with van der Waals surface area (Å²) in [5.41, 5.74) is 7.30. The van der Waals surface area contributed by atoms with Crippen LogP contribution < -0.4 is 10.5 Å². The molecule has 0 radical (unpaired) electrons. The van der Waals surface area contributed by atoms with Gasteiger partial charge in [-0.3, -0.25) is 4.99 Å². The van der Waals surface area contributed by atoms with Gasteiger partial charge in [0.25, 0.3) is 0 Å². The molecule has 1 aromatic carbocycles. The Hall–Kier alpha value is -0.730. The van der Waals surface area contributed by atoms with E-state index < -0.39 is 0 Å². The molecule has 2 aliphatic rings. The van der Waals surface area contributed by atoms with Crippen molar-refractivity contribution in [2.75, 3.05) is 40.0 Å². The van der Waals surface area contributed by atoms with Crippen molar-refractivity contribution in [1.29, 1.82) is 0 Å². The number of hydrogen-bond donors (Lipinski definition) is 1. The highest BCUT2D eigenvalue weighted by Gasteiger charge is 2.37. The van der Waals surface area contributed by atoms with Crippen LogP contribution in [0.1, 0.15) is 38.2 Å². The summed E-state index contributed by atoms with van der Waals surface area (Å²) < 4.78 is 11.2. The molecule has 152 valence electrons. The zero-order valence-corrected chi connectivity index (χ0v) is 19.3. The zero-order valence-electron chi connectivity index (χ0n) is 16.2.